The molecule has 3 heteroatoms. The molecule has 0 aliphatic carbocycles. The van der Waals surface area contributed by atoms with E-state index in [0.717, 1.165) is 0 Å². The van der Waals surface area contributed by atoms with E-state index >= 15 is 0 Å². The van der Waals surface area contributed by atoms with Crippen LogP contribution in [-0.4, -0.2) is 29.0 Å². The molecule has 0 amide bonds. The maximum absolute atomic E-state index is 8.80. The van der Waals surface area contributed by atoms with E-state index in [1.807, 2.05) is 13.8 Å². The van der Waals surface area contributed by atoms with Gasteiger partial charge < -0.3 is 15.9 Å². The normalized spacial score (nSPS) is 13.5. The van der Waals surface area contributed by atoms with Crippen molar-refractivity contribution in [2.75, 3.05) is 13.2 Å². The summed E-state index contributed by atoms with van der Waals surface area (Å²) in [5.41, 5.74) is 5.11. The van der Waals surface area contributed by atoms with E-state index in [1.54, 1.807) is 0 Å². The zero-order chi connectivity index (χ0) is 9.83. The van der Waals surface area contributed by atoms with Crippen LogP contribution in [0.15, 0.2) is 0 Å². The van der Waals surface area contributed by atoms with Crippen LogP contribution in [0, 0.1) is 12.3 Å². The number of aliphatic hydroxyl groups excluding tert-OH is 2. The van der Waals surface area contributed by atoms with E-state index in [4.69, 9.17) is 15.9 Å². The van der Waals surface area contributed by atoms with Crippen LogP contribution in [0.2, 0.25) is 0 Å². The molecule has 0 aliphatic rings. The van der Waals surface area contributed by atoms with Crippen molar-refractivity contribution in [3.05, 3.63) is 6.92 Å². The molecule has 0 heterocycles. The first-order chi connectivity index (χ1) is 5.37. The summed E-state index contributed by atoms with van der Waals surface area (Å²) in [4.78, 5) is 0. The van der Waals surface area contributed by atoms with Gasteiger partial charge in [0.15, 0.2) is 0 Å². The van der Waals surface area contributed by atoms with Gasteiger partial charge in [-0.1, -0.05) is 13.8 Å². The minimum Gasteiger partial charge on any atom is -0.396 e. The molecule has 0 saturated heterocycles. The SMILES string of the molecule is [CH2]C(C)(C)C(N)(CCO)CCO. The Morgan fingerprint density at radius 2 is 1.50 bits per heavy atom. The molecule has 0 rings (SSSR count). The average molecular weight is 174 g/mol. The van der Waals surface area contributed by atoms with E-state index in [0.29, 0.717) is 12.8 Å². The quantitative estimate of drug-likeness (QED) is 0.562. The highest BCUT2D eigenvalue weighted by atomic mass is 16.3. The molecule has 0 aromatic heterocycles. The number of aliphatic hydroxyl groups is 2. The predicted molar refractivity (Wildman–Crippen MR) is 49.5 cm³/mol. The summed E-state index contributed by atoms with van der Waals surface area (Å²) in [6.07, 6.45) is 0.953. The van der Waals surface area contributed by atoms with E-state index in [9.17, 15) is 0 Å². The lowest BCUT2D eigenvalue weighted by Crippen LogP contribution is -2.52. The highest BCUT2D eigenvalue weighted by molar-refractivity contribution is 4.98. The Balaban J connectivity index is 4.38. The van der Waals surface area contributed by atoms with Crippen molar-refractivity contribution in [3.63, 3.8) is 0 Å². The maximum atomic E-state index is 8.80. The number of hydrogen-bond donors (Lipinski definition) is 3. The third-order valence-electron chi connectivity index (χ3n) is 2.46. The van der Waals surface area contributed by atoms with Crippen LogP contribution < -0.4 is 5.73 Å². The highest BCUT2D eigenvalue weighted by Gasteiger charge is 2.36. The van der Waals surface area contributed by atoms with Crippen molar-refractivity contribution in [3.8, 4) is 0 Å². The van der Waals surface area contributed by atoms with Crippen molar-refractivity contribution in [2.45, 2.75) is 32.2 Å². The van der Waals surface area contributed by atoms with Gasteiger partial charge in [0.25, 0.3) is 0 Å². The van der Waals surface area contributed by atoms with Crippen LogP contribution >= 0.6 is 0 Å². The minimum absolute atomic E-state index is 0.0372. The summed E-state index contributed by atoms with van der Waals surface area (Å²) in [7, 11) is 0. The summed E-state index contributed by atoms with van der Waals surface area (Å²) in [6.45, 7) is 7.84. The molecule has 0 atom stereocenters. The Hall–Kier alpha value is -0.120. The summed E-state index contributed by atoms with van der Waals surface area (Å²) >= 11 is 0. The molecular weight excluding hydrogens is 154 g/mol. The van der Waals surface area contributed by atoms with Gasteiger partial charge in [0.1, 0.15) is 0 Å². The fourth-order valence-corrected chi connectivity index (χ4v) is 1.20. The Kier molecular flexibility index (Phi) is 4.17. The van der Waals surface area contributed by atoms with Gasteiger partial charge in [0.2, 0.25) is 0 Å². The molecule has 0 aliphatic heterocycles. The van der Waals surface area contributed by atoms with Crippen LogP contribution in [0.25, 0.3) is 0 Å². The summed E-state index contributed by atoms with van der Waals surface area (Å²) in [5.74, 6) is 0. The molecule has 3 nitrogen and oxygen atoms in total. The van der Waals surface area contributed by atoms with Gasteiger partial charge >= 0.3 is 0 Å². The standard InChI is InChI=1S/C9H20NO2/c1-8(2,3)9(10,4-6-11)5-7-12/h11-12H,1,4-7,10H2,2-3H3. The fourth-order valence-electron chi connectivity index (χ4n) is 1.20. The van der Waals surface area contributed by atoms with Crippen LogP contribution in [0.1, 0.15) is 26.7 Å². The smallest absolute Gasteiger partial charge is 0.0448 e. The predicted octanol–water partition coefficient (Wildman–Crippen LogP) is 0.309. The third kappa shape index (κ3) is 2.73. The highest BCUT2D eigenvalue weighted by Crippen LogP contribution is 2.32. The molecular formula is C9H20NO2. The van der Waals surface area contributed by atoms with Crippen molar-refractivity contribution < 1.29 is 10.2 Å². The van der Waals surface area contributed by atoms with Crippen molar-refractivity contribution in [1.29, 1.82) is 0 Å². The van der Waals surface area contributed by atoms with Gasteiger partial charge in [-0.15, -0.1) is 0 Å². The molecule has 1 radical (unpaired) electrons. The summed E-state index contributed by atoms with van der Waals surface area (Å²) in [5, 5.41) is 17.6. The van der Waals surface area contributed by atoms with Crippen LogP contribution in [0.4, 0.5) is 0 Å². The number of nitrogens with two attached hydrogens (primary N) is 1. The molecule has 0 aromatic rings. The second-order valence-electron chi connectivity index (χ2n) is 3.99. The van der Waals surface area contributed by atoms with Gasteiger partial charge in [-0.25, -0.2) is 0 Å². The van der Waals surface area contributed by atoms with E-state index < -0.39 is 5.54 Å². The zero-order valence-electron chi connectivity index (χ0n) is 8.01. The van der Waals surface area contributed by atoms with Crippen LogP contribution in [-0.2, 0) is 0 Å². The fraction of sp³-hybridized carbons (Fsp3) is 0.889. The van der Waals surface area contributed by atoms with Gasteiger partial charge in [-0.05, 0) is 25.2 Å². The summed E-state index contributed by atoms with van der Waals surface area (Å²) < 4.78 is 0. The van der Waals surface area contributed by atoms with E-state index in [2.05, 4.69) is 6.92 Å². The Labute approximate surface area is 74.6 Å². The van der Waals surface area contributed by atoms with Gasteiger partial charge in [-0.3, -0.25) is 0 Å². The van der Waals surface area contributed by atoms with Crippen LogP contribution in [0.3, 0.4) is 0 Å². The third-order valence-corrected chi connectivity index (χ3v) is 2.46. The first kappa shape index (κ1) is 11.9. The van der Waals surface area contributed by atoms with E-state index in [-0.39, 0.29) is 18.6 Å². The Bertz CT molecular complexity index is 123. The van der Waals surface area contributed by atoms with E-state index in [1.165, 1.54) is 0 Å². The first-order valence-electron chi connectivity index (χ1n) is 4.23. The van der Waals surface area contributed by atoms with Crippen molar-refractivity contribution >= 4 is 0 Å². The molecule has 0 spiro atoms. The molecule has 73 valence electrons. The van der Waals surface area contributed by atoms with Gasteiger partial charge in [0, 0.05) is 18.8 Å². The molecule has 0 unspecified atom stereocenters. The van der Waals surface area contributed by atoms with Gasteiger partial charge in [0.05, 0.1) is 0 Å². The van der Waals surface area contributed by atoms with Crippen molar-refractivity contribution in [2.24, 2.45) is 11.1 Å². The minimum atomic E-state index is -0.573. The van der Waals surface area contributed by atoms with Crippen LogP contribution in [0.5, 0.6) is 0 Å². The number of rotatable bonds is 5. The lowest BCUT2D eigenvalue weighted by atomic mass is 9.70. The average Bonchev–Trinajstić information content (AvgIpc) is 1.86. The van der Waals surface area contributed by atoms with Crippen molar-refractivity contribution in [1.82, 2.24) is 0 Å². The molecule has 0 saturated carbocycles. The molecule has 12 heavy (non-hydrogen) atoms. The summed E-state index contributed by atoms with van der Waals surface area (Å²) in [6, 6.07) is 0. The molecule has 0 bridgehead atoms. The second kappa shape index (κ2) is 4.21. The molecule has 4 N–H and O–H groups in total. The first-order valence-corrected chi connectivity index (χ1v) is 4.23. The monoisotopic (exact) mass is 174 g/mol. The Morgan fingerprint density at radius 1 is 1.17 bits per heavy atom. The maximum Gasteiger partial charge on any atom is 0.0448 e. The second-order valence-corrected chi connectivity index (χ2v) is 3.99. The topological polar surface area (TPSA) is 66.5 Å². The lowest BCUT2D eigenvalue weighted by molar-refractivity contribution is 0.120. The number of hydrogen-bond acceptors (Lipinski definition) is 3. The zero-order valence-corrected chi connectivity index (χ0v) is 8.01. The molecule has 0 aromatic carbocycles. The lowest BCUT2D eigenvalue weighted by Gasteiger charge is -2.41. The Morgan fingerprint density at radius 3 is 1.67 bits per heavy atom. The largest absolute Gasteiger partial charge is 0.396 e. The molecule has 0 fully saturated rings. The van der Waals surface area contributed by atoms with Gasteiger partial charge in [-0.2, -0.15) is 0 Å².